The van der Waals surface area contributed by atoms with E-state index in [0.29, 0.717) is 38.7 Å². The van der Waals surface area contributed by atoms with Crippen LogP contribution in [0.4, 0.5) is 0 Å². The molecule has 4 rings (SSSR count). The maximum absolute atomic E-state index is 14.0. The third-order valence-corrected chi connectivity index (χ3v) is 7.31. The van der Waals surface area contributed by atoms with Gasteiger partial charge in [0, 0.05) is 6.92 Å². The molecule has 11 heteroatoms. The normalized spacial score (nSPS) is 14.8. The maximum Gasteiger partial charge on any atom is 0.338 e. The monoisotopic (exact) mass is 594 g/mol. The van der Waals surface area contributed by atoms with Gasteiger partial charge in [-0.05, 0) is 61.2 Å². The predicted octanol–water partition coefficient (Wildman–Crippen LogP) is 3.78. The summed E-state index contributed by atoms with van der Waals surface area (Å²) in [6.45, 7) is 9.48. The first kappa shape index (κ1) is 30.6. The molecular formula is C31H34N2O8S. The van der Waals surface area contributed by atoms with E-state index in [2.05, 4.69) is 4.99 Å². The zero-order chi connectivity index (χ0) is 30.6. The summed E-state index contributed by atoms with van der Waals surface area (Å²) in [5.41, 5.74) is 1.63. The minimum atomic E-state index is -0.863. The second-order valence-electron chi connectivity index (χ2n) is 9.92. The van der Waals surface area contributed by atoms with Crippen LogP contribution in [0.3, 0.4) is 0 Å². The molecule has 0 N–H and O–H groups in total. The smallest absolute Gasteiger partial charge is 0.338 e. The van der Waals surface area contributed by atoms with E-state index < -0.39 is 18.0 Å². The average Bonchev–Trinajstić information content (AvgIpc) is 3.25. The number of hydrogen-bond donors (Lipinski definition) is 0. The summed E-state index contributed by atoms with van der Waals surface area (Å²) >= 11 is 1.21. The lowest BCUT2D eigenvalue weighted by molar-refractivity contribution is -0.140. The number of hydrogen-bond acceptors (Lipinski definition) is 10. The van der Waals surface area contributed by atoms with Crippen LogP contribution in [-0.4, -0.2) is 43.9 Å². The number of ether oxygens (including phenoxy) is 5. The van der Waals surface area contributed by atoms with Crippen LogP contribution in [0.5, 0.6) is 23.0 Å². The zero-order valence-corrected chi connectivity index (χ0v) is 25.5. The Morgan fingerprint density at radius 2 is 1.74 bits per heavy atom. The van der Waals surface area contributed by atoms with E-state index in [1.165, 1.54) is 29.9 Å². The summed E-state index contributed by atoms with van der Waals surface area (Å²) in [5, 5.41) is 0. The number of carbonyl (C=O) groups is 2. The number of aromatic nitrogens is 1. The van der Waals surface area contributed by atoms with E-state index in [0.717, 1.165) is 5.56 Å². The van der Waals surface area contributed by atoms with E-state index in [1.54, 1.807) is 50.4 Å². The topological polar surface area (TPSA) is 115 Å². The lowest BCUT2D eigenvalue weighted by Crippen LogP contribution is -2.40. The number of esters is 2. The standard InChI is InChI=1S/C31H34N2O8S/c1-8-39-22-11-9-20(13-24(22)37-6)14-26-29(35)33-28(21-10-12-23(41-19(5)34)25(15-21)38-7)27(18(4)32-31(33)42-26)30(36)40-16-17(2)3/h9-15,17,28H,8,16H2,1-7H3/b26-14+. The number of allylic oxidation sites excluding steroid dienone is 1. The lowest BCUT2D eigenvalue weighted by Gasteiger charge is -2.25. The Labute approximate surface area is 247 Å². The van der Waals surface area contributed by atoms with E-state index in [1.807, 2.05) is 26.8 Å². The first-order valence-corrected chi connectivity index (χ1v) is 14.3. The van der Waals surface area contributed by atoms with Gasteiger partial charge in [-0.25, -0.2) is 9.79 Å². The second kappa shape index (κ2) is 13.1. The highest BCUT2D eigenvalue weighted by molar-refractivity contribution is 7.07. The summed E-state index contributed by atoms with van der Waals surface area (Å²) in [7, 11) is 3.00. The molecule has 0 spiro atoms. The minimum Gasteiger partial charge on any atom is -0.493 e. The molecule has 0 bridgehead atoms. The molecule has 2 heterocycles. The van der Waals surface area contributed by atoms with E-state index in [4.69, 9.17) is 23.7 Å². The van der Waals surface area contributed by atoms with Gasteiger partial charge in [-0.15, -0.1) is 0 Å². The first-order valence-electron chi connectivity index (χ1n) is 13.4. The van der Waals surface area contributed by atoms with Crippen molar-refractivity contribution in [1.82, 2.24) is 4.57 Å². The molecule has 1 aliphatic heterocycles. The minimum absolute atomic E-state index is 0.115. The molecule has 0 saturated carbocycles. The van der Waals surface area contributed by atoms with Gasteiger partial charge in [-0.3, -0.25) is 14.2 Å². The summed E-state index contributed by atoms with van der Waals surface area (Å²) in [6.07, 6.45) is 1.75. The van der Waals surface area contributed by atoms with Gasteiger partial charge in [0.2, 0.25) is 0 Å². The molecule has 222 valence electrons. The molecule has 0 amide bonds. The molecule has 10 nitrogen and oxygen atoms in total. The molecule has 1 aliphatic rings. The van der Waals surface area contributed by atoms with E-state index in [9.17, 15) is 14.4 Å². The number of carbonyl (C=O) groups excluding carboxylic acids is 2. The number of thiazole rings is 1. The number of fused-ring (bicyclic) bond motifs is 1. The maximum atomic E-state index is 14.0. The molecule has 3 aromatic rings. The highest BCUT2D eigenvalue weighted by atomic mass is 32.1. The van der Waals surface area contributed by atoms with Gasteiger partial charge in [-0.2, -0.15) is 0 Å². The van der Waals surface area contributed by atoms with Crippen molar-refractivity contribution in [2.24, 2.45) is 10.9 Å². The Morgan fingerprint density at radius 1 is 1.05 bits per heavy atom. The molecule has 0 fully saturated rings. The Hall–Kier alpha value is -4.38. The van der Waals surface area contributed by atoms with Crippen LogP contribution in [0, 0.1) is 5.92 Å². The van der Waals surface area contributed by atoms with Crippen LogP contribution in [0.2, 0.25) is 0 Å². The summed E-state index contributed by atoms with van der Waals surface area (Å²) < 4.78 is 29.3. The SMILES string of the molecule is CCOc1ccc(/C=c2/sc3n(c2=O)C(c2ccc(OC(C)=O)c(OC)c2)C(C(=O)OCC(C)C)=C(C)N=3)cc1OC. The van der Waals surface area contributed by atoms with Gasteiger partial charge in [-0.1, -0.05) is 37.3 Å². The lowest BCUT2D eigenvalue weighted by atomic mass is 9.95. The van der Waals surface area contributed by atoms with Crippen molar-refractivity contribution in [2.45, 2.75) is 40.7 Å². The Kier molecular flexibility index (Phi) is 9.52. The third kappa shape index (κ3) is 6.41. The Balaban J connectivity index is 1.90. The number of benzene rings is 2. The molecule has 0 aliphatic carbocycles. The molecule has 1 aromatic heterocycles. The largest absolute Gasteiger partial charge is 0.493 e. The summed E-state index contributed by atoms with van der Waals surface area (Å²) in [6, 6.07) is 9.46. The molecule has 1 unspecified atom stereocenters. The summed E-state index contributed by atoms with van der Waals surface area (Å²) in [5.74, 6) is 0.680. The van der Waals surface area contributed by atoms with Crippen LogP contribution in [0.15, 0.2) is 57.5 Å². The van der Waals surface area contributed by atoms with Gasteiger partial charge in [0.15, 0.2) is 27.8 Å². The number of nitrogens with zero attached hydrogens (tertiary/aromatic N) is 2. The van der Waals surface area contributed by atoms with Crippen LogP contribution < -0.4 is 33.8 Å². The molecular weight excluding hydrogens is 560 g/mol. The Bertz CT molecular complexity index is 1720. The molecule has 1 atom stereocenters. The molecule has 0 saturated heterocycles. The number of methoxy groups -OCH3 is 2. The fourth-order valence-corrected chi connectivity index (χ4v) is 5.56. The predicted molar refractivity (Wildman–Crippen MR) is 158 cm³/mol. The van der Waals surface area contributed by atoms with E-state index >= 15 is 0 Å². The molecule has 2 aromatic carbocycles. The highest BCUT2D eigenvalue weighted by Gasteiger charge is 2.34. The van der Waals surface area contributed by atoms with Crippen LogP contribution in [0.1, 0.15) is 51.8 Å². The van der Waals surface area contributed by atoms with Gasteiger partial charge in [0.05, 0.1) is 49.3 Å². The quantitative estimate of drug-likeness (QED) is 0.257. The zero-order valence-electron chi connectivity index (χ0n) is 24.7. The number of rotatable bonds is 10. The second-order valence-corrected chi connectivity index (χ2v) is 10.9. The third-order valence-electron chi connectivity index (χ3n) is 6.33. The van der Waals surface area contributed by atoms with Crippen molar-refractivity contribution in [2.75, 3.05) is 27.4 Å². The van der Waals surface area contributed by atoms with Crippen molar-refractivity contribution >= 4 is 29.4 Å². The van der Waals surface area contributed by atoms with Gasteiger partial charge in [0.25, 0.3) is 5.56 Å². The molecule has 0 radical (unpaired) electrons. The highest BCUT2D eigenvalue weighted by Crippen LogP contribution is 2.36. The van der Waals surface area contributed by atoms with Crippen molar-refractivity contribution in [3.63, 3.8) is 0 Å². The van der Waals surface area contributed by atoms with E-state index in [-0.39, 0.29) is 35.2 Å². The van der Waals surface area contributed by atoms with Crippen molar-refractivity contribution in [3.8, 4) is 23.0 Å². The van der Waals surface area contributed by atoms with Gasteiger partial charge in [0.1, 0.15) is 0 Å². The van der Waals surface area contributed by atoms with Crippen LogP contribution >= 0.6 is 11.3 Å². The van der Waals surface area contributed by atoms with Crippen molar-refractivity contribution in [3.05, 3.63) is 78.5 Å². The molecule has 42 heavy (non-hydrogen) atoms. The summed E-state index contributed by atoms with van der Waals surface area (Å²) in [4.78, 5) is 44.1. The average molecular weight is 595 g/mol. The van der Waals surface area contributed by atoms with Crippen molar-refractivity contribution < 1.29 is 33.3 Å². The fourth-order valence-electron chi connectivity index (χ4n) is 4.51. The van der Waals surface area contributed by atoms with Crippen LogP contribution in [0.25, 0.3) is 6.08 Å². The van der Waals surface area contributed by atoms with Gasteiger partial charge >= 0.3 is 11.9 Å². The fraction of sp³-hybridized carbons (Fsp3) is 0.355. The van der Waals surface area contributed by atoms with Crippen molar-refractivity contribution in [1.29, 1.82) is 0 Å². The van der Waals surface area contributed by atoms with Gasteiger partial charge < -0.3 is 23.7 Å². The first-order chi connectivity index (χ1) is 20.1. The Morgan fingerprint density at radius 3 is 2.38 bits per heavy atom. The van der Waals surface area contributed by atoms with Crippen LogP contribution in [-0.2, 0) is 14.3 Å².